The first-order chi connectivity index (χ1) is 11.3. The molecule has 4 heteroatoms. The van der Waals surface area contributed by atoms with Crippen molar-refractivity contribution in [3.05, 3.63) is 65.7 Å². The van der Waals surface area contributed by atoms with Crippen molar-refractivity contribution in [3.8, 4) is 5.75 Å². The van der Waals surface area contributed by atoms with Crippen molar-refractivity contribution in [3.63, 3.8) is 0 Å². The summed E-state index contributed by atoms with van der Waals surface area (Å²) in [5, 5.41) is 3.11. The standard InChI is InChI=1S/C19H25N3O/c1-2-3-12-21-19(20)22-14-17-10-7-11-18(13-17)23-15-16-8-5-4-6-9-16/h4-11,13H,2-3,12,14-15H2,1H3,(H3,20,21,22). The zero-order valence-corrected chi connectivity index (χ0v) is 13.7. The molecule has 0 atom stereocenters. The Labute approximate surface area is 138 Å². The summed E-state index contributed by atoms with van der Waals surface area (Å²) < 4.78 is 5.82. The highest BCUT2D eigenvalue weighted by Gasteiger charge is 1.99. The Balaban J connectivity index is 1.85. The van der Waals surface area contributed by atoms with E-state index >= 15 is 0 Å². The van der Waals surface area contributed by atoms with Crippen molar-refractivity contribution in [2.45, 2.75) is 32.9 Å². The van der Waals surface area contributed by atoms with Gasteiger partial charge in [0.15, 0.2) is 5.96 Å². The number of rotatable bonds is 8. The lowest BCUT2D eigenvalue weighted by Gasteiger charge is -2.08. The van der Waals surface area contributed by atoms with Crippen LogP contribution in [0.25, 0.3) is 0 Å². The number of guanidine groups is 1. The smallest absolute Gasteiger partial charge is 0.188 e. The summed E-state index contributed by atoms with van der Waals surface area (Å²) in [5.74, 6) is 1.34. The Morgan fingerprint density at radius 2 is 1.87 bits per heavy atom. The summed E-state index contributed by atoms with van der Waals surface area (Å²) in [5.41, 5.74) is 8.08. The van der Waals surface area contributed by atoms with Crippen LogP contribution in [0.15, 0.2) is 59.6 Å². The maximum Gasteiger partial charge on any atom is 0.188 e. The molecule has 0 amide bonds. The van der Waals surface area contributed by atoms with Crippen molar-refractivity contribution in [2.24, 2.45) is 10.7 Å². The third kappa shape index (κ3) is 6.43. The lowest BCUT2D eigenvalue weighted by molar-refractivity contribution is 0.306. The maximum absolute atomic E-state index is 5.84. The third-order valence-electron chi connectivity index (χ3n) is 3.42. The molecule has 23 heavy (non-hydrogen) atoms. The van der Waals surface area contributed by atoms with E-state index in [2.05, 4.69) is 29.4 Å². The van der Waals surface area contributed by atoms with E-state index < -0.39 is 0 Å². The number of unbranched alkanes of at least 4 members (excludes halogenated alkanes) is 1. The molecule has 0 unspecified atom stereocenters. The van der Waals surface area contributed by atoms with Crippen molar-refractivity contribution in [1.82, 2.24) is 5.32 Å². The Hall–Kier alpha value is -2.49. The molecule has 0 fully saturated rings. The highest BCUT2D eigenvalue weighted by atomic mass is 16.5. The van der Waals surface area contributed by atoms with Crippen LogP contribution in [0.3, 0.4) is 0 Å². The topological polar surface area (TPSA) is 59.6 Å². The van der Waals surface area contributed by atoms with Gasteiger partial charge < -0.3 is 15.8 Å². The molecule has 122 valence electrons. The van der Waals surface area contributed by atoms with Crippen molar-refractivity contribution < 1.29 is 4.74 Å². The van der Waals surface area contributed by atoms with Crippen LogP contribution < -0.4 is 15.8 Å². The minimum atomic E-state index is 0.494. The fourth-order valence-electron chi connectivity index (χ4n) is 2.10. The minimum absolute atomic E-state index is 0.494. The number of ether oxygens (including phenoxy) is 1. The van der Waals surface area contributed by atoms with Crippen molar-refractivity contribution in [2.75, 3.05) is 6.54 Å². The predicted octanol–water partition coefficient (Wildman–Crippen LogP) is 3.47. The van der Waals surface area contributed by atoms with Crippen LogP contribution in [-0.2, 0) is 13.2 Å². The molecule has 0 saturated heterocycles. The second-order valence-electron chi connectivity index (χ2n) is 5.40. The Kier molecular flexibility index (Phi) is 6.98. The molecular weight excluding hydrogens is 286 g/mol. The molecule has 2 aromatic carbocycles. The summed E-state index contributed by atoms with van der Waals surface area (Å²) in [7, 11) is 0. The summed E-state index contributed by atoms with van der Waals surface area (Å²) in [6, 6.07) is 18.1. The van der Waals surface area contributed by atoms with Crippen LogP contribution in [0, 0.1) is 0 Å². The van der Waals surface area contributed by atoms with Crippen molar-refractivity contribution >= 4 is 5.96 Å². The van der Waals surface area contributed by atoms with Crippen LogP contribution in [0.5, 0.6) is 5.75 Å². The van der Waals surface area contributed by atoms with Gasteiger partial charge in [0.25, 0.3) is 0 Å². The molecule has 0 heterocycles. The highest BCUT2D eigenvalue weighted by molar-refractivity contribution is 5.77. The van der Waals surface area contributed by atoms with Crippen LogP contribution >= 0.6 is 0 Å². The molecule has 0 aliphatic rings. The van der Waals surface area contributed by atoms with E-state index in [9.17, 15) is 0 Å². The van der Waals surface area contributed by atoms with Gasteiger partial charge in [0, 0.05) is 6.54 Å². The average Bonchev–Trinajstić information content (AvgIpc) is 2.60. The van der Waals surface area contributed by atoms with E-state index in [0.717, 1.165) is 36.3 Å². The Morgan fingerprint density at radius 3 is 2.65 bits per heavy atom. The van der Waals surface area contributed by atoms with E-state index in [0.29, 0.717) is 19.1 Å². The average molecular weight is 311 g/mol. The molecule has 0 radical (unpaired) electrons. The molecule has 2 aromatic rings. The number of aliphatic imine (C=N–C) groups is 1. The van der Waals surface area contributed by atoms with Gasteiger partial charge >= 0.3 is 0 Å². The number of benzene rings is 2. The van der Waals surface area contributed by atoms with Gasteiger partial charge in [-0.1, -0.05) is 55.8 Å². The normalized spacial score (nSPS) is 11.3. The molecule has 2 rings (SSSR count). The van der Waals surface area contributed by atoms with Gasteiger partial charge in [0.2, 0.25) is 0 Å². The fraction of sp³-hybridized carbons (Fsp3) is 0.316. The van der Waals surface area contributed by atoms with Gasteiger partial charge in [-0.15, -0.1) is 0 Å². The van der Waals surface area contributed by atoms with Crippen LogP contribution in [-0.4, -0.2) is 12.5 Å². The monoisotopic (exact) mass is 311 g/mol. The van der Waals surface area contributed by atoms with Gasteiger partial charge in [0.1, 0.15) is 12.4 Å². The number of nitrogens with zero attached hydrogens (tertiary/aromatic N) is 1. The summed E-state index contributed by atoms with van der Waals surface area (Å²) in [6.45, 7) is 4.13. The third-order valence-corrected chi connectivity index (χ3v) is 3.42. The maximum atomic E-state index is 5.84. The molecule has 0 aliphatic heterocycles. The number of hydrogen-bond acceptors (Lipinski definition) is 2. The quantitative estimate of drug-likeness (QED) is 0.446. The lowest BCUT2D eigenvalue weighted by atomic mass is 10.2. The predicted molar refractivity (Wildman–Crippen MR) is 95.5 cm³/mol. The molecule has 0 saturated carbocycles. The van der Waals surface area contributed by atoms with Crippen LogP contribution in [0.1, 0.15) is 30.9 Å². The van der Waals surface area contributed by atoms with E-state index in [-0.39, 0.29) is 0 Å². The van der Waals surface area contributed by atoms with Gasteiger partial charge in [-0.3, -0.25) is 0 Å². The number of nitrogens with one attached hydrogen (secondary N) is 1. The SMILES string of the molecule is CCCCNC(N)=NCc1cccc(OCc2ccccc2)c1. The van der Waals surface area contributed by atoms with Gasteiger partial charge in [-0.25, -0.2) is 4.99 Å². The van der Waals surface area contributed by atoms with Crippen LogP contribution in [0.4, 0.5) is 0 Å². The largest absolute Gasteiger partial charge is 0.489 e. The zero-order valence-electron chi connectivity index (χ0n) is 13.7. The fourth-order valence-corrected chi connectivity index (χ4v) is 2.10. The first-order valence-corrected chi connectivity index (χ1v) is 8.07. The highest BCUT2D eigenvalue weighted by Crippen LogP contribution is 2.15. The Bertz CT molecular complexity index is 611. The zero-order chi connectivity index (χ0) is 16.3. The molecule has 0 aliphatic carbocycles. The number of hydrogen-bond donors (Lipinski definition) is 2. The second kappa shape index (κ2) is 9.51. The lowest BCUT2D eigenvalue weighted by Crippen LogP contribution is -2.32. The molecule has 4 nitrogen and oxygen atoms in total. The van der Waals surface area contributed by atoms with E-state index in [1.807, 2.05) is 42.5 Å². The first kappa shape index (κ1) is 16.9. The van der Waals surface area contributed by atoms with E-state index in [1.165, 1.54) is 0 Å². The van der Waals surface area contributed by atoms with E-state index in [4.69, 9.17) is 10.5 Å². The number of nitrogens with two attached hydrogens (primary N) is 1. The molecule has 0 aromatic heterocycles. The second-order valence-corrected chi connectivity index (χ2v) is 5.40. The molecular formula is C19H25N3O. The van der Waals surface area contributed by atoms with Gasteiger partial charge in [-0.2, -0.15) is 0 Å². The summed E-state index contributed by atoms with van der Waals surface area (Å²) >= 11 is 0. The first-order valence-electron chi connectivity index (χ1n) is 8.07. The molecule has 3 N–H and O–H groups in total. The van der Waals surface area contributed by atoms with E-state index in [1.54, 1.807) is 0 Å². The van der Waals surface area contributed by atoms with Gasteiger partial charge in [0.05, 0.1) is 6.54 Å². The summed E-state index contributed by atoms with van der Waals surface area (Å²) in [4.78, 5) is 4.35. The molecule has 0 bridgehead atoms. The Morgan fingerprint density at radius 1 is 1.09 bits per heavy atom. The summed E-state index contributed by atoms with van der Waals surface area (Å²) in [6.07, 6.45) is 2.24. The minimum Gasteiger partial charge on any atom is -0.489 e. The van der Waals surface area contributed by atoms with Crippen molar-refractivity contribution in [1.29, 1.82) is 0 Å². The van der Waals surface area contributed by atoms with Crippen LogP contribution in [0.2, 0.25) is 0 Å². The molecule has 0 spiro atoms. The van der Waals surface area contributed by atoms with Gasteiger partial charge in [-0.05, 0) is 29.7 Å².